The Kier molecular flexibility index (Phi) is 7.35. The molecule has 0 atom stereocenters. The molecule has 0 saturated heterocycles. The number of carbonyl (C=O) groups is 2. The van der Waals surface area contributed by atoms with Crippen LogP contribution in [0.2, 0.25) is 0 Å². The molecule has 168 valence electrons. The number of benzene rings is 2. The van der Waals surface area contributed by atoms with E-state index < -0.39 is 5.41 Å². The van der Waals surface area contributed by atoms with Gasteiger partial charge < -0.3 is 14.5 Å². The van der Waals surface area contributed by atoms with Crippen LogP contribution in [0.3, 0.4) is 0 Å². The van der Waals surface area contributed by atoms with E-state index in [2.05, 4.69) is 15.5 Å². The fourth-order valence-electron chi connectivity index (χ4n) is 2.63. The van der Waals surface area contributed by atoms with E-state index in [4.69, 9.17) is 9.15 Å². The lowest BCUT2D eigenvalue weighted by atomic mass is 9.95. The van der Waals surface area contributed by atoms with Crippen LogP contribution in [-0.2, 0) is 11.4 Å². The molecule has 1 N–H and O–H groups in total. The first-order valence-electron chi connectivity index (χ1n) is 10.2. The Balaban J connectivity index is 1.50. The molecule has 0 aliphatic carbocycles. The number of aromatic nitrogens is 2. The number of aryl methyl sites for hydroxylation is 2. The molecule has 1 amide bonds. The zero-order chi connectivity index (χ0) is 23.3. The monoisotopic (exact) mass is 453 g/mol. The molecular formula is C24H27N3O4S. The molecule has 0 bridgehead atoms. The summed E-state index contributed by atoms with van der Waals surface area (Å²) in [5.74, 6) is 1.12. The van der Waals surface area contributed by atoms with Crippen molar-refractivity contribution in [2.75, 3.05) is 11.1 Å². The Labute approximate surface area is 192 Å². The van der Waals surface area contributed by atoms with Crippen molar-refractivity contribution in [1.82, 2.24) is 10.2 Å². The summed E-state index contributed by atoms with van der Waals surface area (Å²) in [5.41, 5.74) is 2.84. The van der Waals surface area contributed by atoms with Crippen LogP contribution in [0, 0.1) is 19.3 Å². The van der Waals surface area contributed by atoms with Gasteiger partial charge in [-0.15, -0.1) is 10.2 Å². The minimum atomic E-state index is -0.488. The second-order valence-electron chi connectivity index (χ2n) is 8.51. The first-order chi connectivity index (χ1) is 15.1. The number of nitrogens with one attached hydrogen (secondary N) is 1. The Morgan fingerprint density at radius 1 is 1.06 bits per heavy atom. The number of anilines is 1. The third-order valence-corrected chi connectivity index (χ3v) is 5.43. The lowest BCUT2D eigenvalue weighted by Crippen LogP contribution is -2.27. The SMILES string of the molecule is Cc1ccc(C)c(OCc2nnc(SCC(=O)c3ccc(NC(=O)C(C)(C)C)cc3)o2)c1. The van der Waals surface area contributed by atoms with Crippen molar-refractivity contribution in [1.29, 1.82) is 0 Å². The molecule has 0 fully saturated rings. The summed E-state index contributed by atoms with van der Waals surface area (Å²) in [5, 5.41) is 11.1. The maximum absolute atomic E-state index is 12.5. The molecule has 2 aromatic carbocycles. The third kappa shape index (κ3) is 6.43. The number of amides is 1. The minimum Gasteiger partial charge on any atom is -0.484 e. The molecule has 3 aromatic rings. The Hall–Kier alpha value is -3.13. The average molecular weight is 454 g/mol. The molecule has 0 aliphatic rings. The average Bonchev–Trinajstić information content (AvgIpc) is 3.20. The Morgan fingerprint density at radius 3 is 2.47 bits per heavy atom. The van der Waals surface area contributed by atoms with Crippen LogP contribution in [0.4, 0.5) is 5.69 Å². The summed E-state index contributed by atoms with van der Waals surface area (Å²) in [6.45, 7) is 9.66. The molecule has 0 aliphatic heterocycles. The van der Waals surface area contributed by atoms with E-state index >= 15 is 0 Å². The Morgan fingerprint density at radius 2 is 1.78 bits per heavy atom. The maximum atomic E-state index is 12.5. The van der Waals surface area contributed by atoms with Crippen molar-refractivity contribution in [3.8, 4) is 5.75 Å². The highest BCUT2D eigenvalue weighted by atomic mass is 32.2. The van der Waals surface area contributed by atoms with Gasteiger partial charge in [-0.2, -0.15) is 0 Å². The number of ether oxygens (including phenoxy) is 1. The summed E-state index contributed by atoms with van der Waals surface area (Å²) in [6, 6.07) is 12.8. The zero-order valence-corrected chi connectivity index (χ0v) is 19.7. The second kappa shape index (κ2) is 9.99. The molecule has 32 heavy (non-hydrogen) atoms. The molecule has 1 heterocycles. The van der Waals surface area contributed by atoms with Crippen molar-refractivity contribution in [2.45, 2.75) is 46.4 Å². The smallest absolute Gasteiger partial charge is 0.277 e. The quantitative estimate of drug-likeness (QED) is 0.369. The largest absolute Gasteiger partial charge is 0.484 e. The molecular weight excluding hydrogens is 426 g/mol. The van der Waals surface area contributed by atoms with E-state index in [1.165, 1.54) is 11.8 Å². The zero-order valence-electron chi connectivity index (χ0n) is 18.9. The van der Waals surface area contributed by atoms with Crippen LogP contribution in [0.15, 0.2) is 52.1 Å². The first kappa shape index (κ1) is 23.5. The van der Waals surface area contributed by atoms with Gasteiger partial charge in [-0.25, -0.2) is 0 Å². The summed E-state index contributed by atoms with van der Waals surface area (Å²) >= 11 is 1.17. The van der Waals surface area contributed by atoms with Gasteiger partial charge in [-0.3, -0.25) is 9.59 Å². The van der Waals surface area contributed by atoms with Gasteiger partial charge in [-0.1, -0.05) is 44.7 Å². The van der Waals surface area contributed by atoms with E-state index in [1.54, 1.807) is 24.3 Å². The van der Waals surface area contributed by atoms with Gasteiger partial charge in [0.05, 0.1) is 5.75 Å². The van der Waals surface area contributed by atoms with Crippen LogP contribution in [0.1, 0.15) is 48.1 Å². The Bertz CT molecular complexity index is 1100. The number of nitrogens with zero attached hydrogens (tertiary/aromatic N) is 2. The maximum Gasteiger partial charge on any atom is 0.277 e. The highest BCUT2D eigenvalue weighted by Gasteiger charge is 2.21. The summed E-state index contributed by atoms with van der Waals surface area (Å²) in [4.78, 5) is 24.5. The van der Waals surface area contributed by atoms with E-state index in [1.807, 2.05) is 52.8 Å². The van der Waals surface area contributed by atoms with Gasteiger partial charge in [0.1, 0.15) is 5.75 Å². The molecule has 1 aromatic heterocycles. The number of ketones is 1. The molecule has 8 heteroatoms. The predicted octanol–water partition coefficient (Wildman–Crippen LogP) is 5.23. The van der Waals surface area contributed by atoms with Gasteiger partial charge >= 0.3 is 0 Å². The summed E-state index contributed by atoms with van der Waals surface area (Å²) in [6.07, 6.45) is 0. The molecule has 0 unspecified atom stereocenters. The number of hydrogen-bond acceptors (Lipinski definition) is 7. The molecule has 7 nitrogen and oxygen atoms in total. The van der Waals surface area contributed by atoms with Crippen LogP contribution in [0.5, 0.6) is 5.75 Å². The van der Waals surface area contributed by atoms with Crippen LogP contribution >= 0.6 is 11.8 Å². The highest BCUT2D eigenvalue weighted by molar-refractivity contribution is 7.99. The first-order valence-corrected chi connectivity index (χ1v) is 11.2. The van der Waals surface area contributed by atoms with Gasteiger partial charge in [0.2, 0.25) is 5.91 Å². The van der Waals surface area contributed by atoms with Gasteiger partial charge in [0, 0.05) is 16.7 Å². The van der Waals surface area contributed by atoms with Crippen molar-refractivity contribution in [3.05, 3.63) is 65.0 Å². The van der Waals surface area contributed by atoms with Crippen molar-refractivity contribution < 1.29 is 18.7 Å². The fourth-order valence-corrected chi connectivity index (χ4v) is 3.30. The molecule has 0 saturated carbocycles. The number of carbonyl (C=O) groups excluding carboxylic acids is 2. The standard InChI is InChI=1S/C24H27N3O4S/c1-15-6-7-16(2)20(12-15)30-13-21-26-27-23(31-21)32-14-19(28)17-8-10-18(11-9-17)25-22(29)24(3,4)5/h6-12H,13-14H2,1-5H3,(H,25,29). The number of thioether (sulfide) groups is 1. The van der Waals surface area contributed by atoms with Crippen molar-refractivity contribution >= 4 is 29.1 Å². The lowest BCUT2D eigenvalue weighted by Gasteiger charge is -2.17. The number of rotatable bonds is 8. The van der Waals surface area contributed by atoms with Crippen LogP contribution in [-0.4, -0.2) is 27.6 Å². The lowest BCUT2D eigenvalue weighted by molar-refractivity contribution is -0.123. The fraction of sp³-hybridized carbons (Fsp3) is 0.333. The van der Waals surface area contributed by atoms with E-state index in [0.717, 1.165) is 16.9 Å². The van der Waals surface area contributed by atoms with Gasteiger partial charge in [-0.05, 0) is 55.3 Å². The van der Waals surface area contributed by atoms with Crippen molar-refractivity contribution in [3.63, 3.8) is 0 Å². The number of Topliss-reactive ketones (excluding diaryl/α,β-unsaturated/α-hetero) is 1. The minimum absolute atomic E-state index is 0.0740. The van der Waals surface area contributed by atoms with E-state index in [9.17, 15) is 9.59 Å². The van der Waals surface area contributed by atoms with E-state index in [-0.39, 0.29) is 24.1 Å². The highest BCUT2D eigenvalue weighted by Crippen LogP contribution is 2.23. The van der Waals surface area contributed by atoms with E-state index in [0.29, 0.717) is 22.4 Å². The predicted molar refractivity (Wildman–Crippen MR) is 124 cm³/mol. The summed E-state index contributed by atoms with van der Waals surface area (Å²) < 4.78 is 11.3. The molecule has 0 spiro atoms. The van der Waals surface area contributed by atoms with Gasteiger partial charge in [0.15, 0.2) is 12.4 Å². The normalized spacial score (nSPS) is 11.3. The van der Waals surface area contributed by atoms with Crippen LogP contribution in [0.25, 0.3) is 0 Å². The van der Waals surface area contributed by atoms with Gasteiger partial charge in [0.25, 0.3) is 11.1 Å². The topological polar surface area (TPSA) is 94.3 Å². The summed E-state index contributed by atoms with van der Waals surface area (Å²) in [7, 11) is 0. The van der Waals surface area contributed by atoms with Crippen molar-refractivity contribution in [2.24, 2.45) is 5.41 Å². The number of hydrogen-bond donors (Lipinski definition) is 1. The molecule has 3 rings (SSSR count). The van der Waals surface area contributed by atoms with Crippen LogP contribution < -0.4 is 10.1 Å². The second-order valence-corrected chi connectivity index (χ2v) is 9.44. The molecule has 0 radical (unpaired) electrons. The third-order valence-electron chi connectivity index (χ3n) is 4.62.